The van der Waals surface area contributed by atoms with Crippen LogP contribution in [0.5, 0.6) is 0 Å². The minimum atomic E-state index is -0.554. The summed E-state index contributed by atoms with van der Waals surface area (Å²) in [6.07, 6.45) is 8.45. The van der Waals surface area contributed by atoms with Gasteiger partial charge in [0, 0.05) is 44.2 Å². The monoisotopic (exact) mass is 465 g/mol. The van der Waals surface area contributed by atoms with E-state index < -0.39 is 18.0 Å². The Kier molecular flexibility index (Phi) is 5.83. The zero-order chi connectivity index (χ0) is 23.7. The topological polar surface area (TPSA) is 105 Å². The highest BCUT2D eigenvalue weighted by Crippen LogP contribution is 2.32. The van der Waals surface area contributed by atoms with Gasteiger partial charge in [0.1, 0.15) is 11.9 Å². The lowest BCUT2D eigenvalue weighted by molar-refractivity contribution is -0.119. The Labute approximate surface area is 195 Å². The number of cyclic esters (lactones) is 1. The predicted octanol–water partition coefficient (Wildman–Crippen LogP) is 2.39. The summed E-state index contributed by atoms with van der Waals surface area (Å²) >= 11 is 0. The van der Waals surface area contributed by atoms with Crippen LogP contribution in [-0.2, 0) is 9.53 Å². The van der Waals surface area contributed by atoms with Gasteiger partial charge in [-0.15, -0.1) is 0 Å². The Balaban J connectivity index is 1.25. The molecule has 2 aliphatic rings. The molecule has 0 aliphatic carbocycles. The Morgan fingerprint density at radius 3 is 2.91 bits per heavy atom. The lowest BCUT2D eigenvalue weighted by atomic mass is 10.2. The fraction of sp³-hybridized carbons (Fsp3) is 0.348. The predicted molar refractivity (Wildman–Crippen MR) is 122 cm³/mol. The van der Waals surface area contributed by atoms with Crippen LogP contribution in [0.25, 0.3) is 11.3 Å². The van der Waals surface area contributed by atoms with Crippen LogP contribution in [0, 0.1) is 5.82 Å². The summed E-state index contributed by atoms with van der Waals surface area (Å²) in [5, 5.41) is 7.11. The van der Waals surface area contributed by atoms with E-state index in [9.17, 15) is 9.59 Å². The molecule has 11 heteroatoms. The van der Waals surface area contributed by atoms with E-state index in [1.807, 2.05) is 15.8 Å². The molecule has 2 amide bonds. The maximum absolute atomic E-state index is 15.1. The number of aromatic nitrogens is 4. The smallest absolute Gasteiger partial charge is 0.414 e. The summed E-state index contributed by atoms with van der Waals surface area (Å²) in [6.45, 7) is 3.17. The molecular formula is C23H24FN7O3. The molecule has 0 saturated carbocycles. The lowest BCUT2D eigenvalue weighted by Crippen LogP contribution is -2.33. The van der Waals surface area contributed by atoms with Crippen molar-refractivity contribution in [3.05, 3.63) is 55.0 Å². The van der Waals surface area contributed by atoms with Gasteiger partial charge in [0.2, 0.25) is 5.91 Å². The lowest BCUT2D eigenvalue weighted by Gasteiger charge is -2.21. The molecule has 1 aromatic carbocycles. The van der Waals surface area contributed by atoms with Crippen LogP contribution >= 0.6 is 0 Å². The average molecular weight is 465 g/mol. The molecule has 34 heavy (non-hydrogen) atoms. The molecule has 2 aromatic heterocycles. The van der Waals surface area contributed by atoms with Gasteiger partial charge in [0.05, 0.1) is 48.6 Å². The van der Waals surface area contributed by atoms with Gasteiger partial charge in [0.25, 0.3) is 0 Å². The van der Waals surface area contributed by atoms with Crippen molar-refractivity contribution in [2.24, 2.45) is 0 Å². The number of nitrogens with zero attached hydrogens (tertiary/aromatic N) is 6. The van der Waals surface area contributed by atoms with Gasteiger partial charge < -0.3 is 15.0 Å². The molecular weight excluding hydrogens is 441 g/mol. The molecule has 1 N–H and O–H groups in total. The fourth-order valence-electron chi connectivity index (χ4n) is 4.31. The molecule has 0 radical (unpaired) electrons. The normalized spacial score (nSPS) is 20.0. The first-order valence-electron chi connectivity index (χ1n) is 11.1. The second-order valence-corrected chi connectivity index (χ2v) is 8.38. The van der Waals surface area contributed by atoms with E-state index in [0.717, 1.165) is 17.7 Å². The summed E-state index contributed by atoms with van der Waals surface area (Å²) in [5.74, 6) is -0.606. The van der Waals surface area contributed by atoms with Crippen LogP contribution in [0.1, 0.15) is 19.4 Å². The van der Waals surface area contributed by atoms with Gasteiger partial charge in [0.15, 0.2) is 0 Å². The van der Waals surface area contributed by atoms with Gasteiger partial charge in [-0.2, -0.15) is 5.10 Å². The molecule has 2 aliphatic heterocycles. The Hall–Kier alpha value is -4.02. The van der Waals surface area contributed by atoms with Crippen LogP contribution in [0.4, 0.5) is 20.6 Å². The SMILES string of the molecule is CC(=O)NC[C@H]1CN(c2ccc(N3CC[C@H](n4cc(-c5cnccn5)cn4)C3)c(F)c2)C(=O)O1. The Morgan fingerprint density at radius 1 is 1.26 bits per heavy atom. The molecule has 2 atom stereocenters. The van der Waals surface area contributed by atoms with Gasteiger partial charge >= 0.3 is 6.09 Å². The van der Waals surface area contributed by atoms with Crippen molar-refractivity contribution in [1.82, 2.24) is 25.1 Å². The van der Waals surface area contributed by atoms with E-state index in [1.54, 1.807) is 36.9 Å². The van der Waals surface area contributed by atoms with Crippen LogP contribution in [-0.4, -0.2) is 64.0 Å². The molecule has 10 nitrogen and oxygen atoms in total. The second-order valence-electron chi connectivity index (χ2n) is 8.38. The highest BCUT2D eigenvalue weighted by Gasteiger charge is 2.33. The van der Waals surface area contributed by atoms with Gasteiger partial charge in [-0.3, -0.25) is 24.3 Å². The van der Waals surface area contributed by atoms with E-state index in [2.05, 4.69) is 20.4 Å². The second kappa shape index (κ2) is 9.08. The van der Waals surface area contributed by atoms with E-state index in [-0.39, 0.29) is 25.0 Å². The van der Waals surface area contributed by atoms with Crippen molar-refractivity contribution < 1.29 is 18.7 Å². The highest BCUT2D eigenvalue weighted by atomic mass is 19.1. The summed E-state index contributed by atoms with van der Waals surface area (Å²) in [4.78, 5) is 35.1. The largest absolute Gasteiger partial charge is 0.442 e. The van der Waals surface area contributed by atoms with E-state index in [0.29, 0.717) is 24.5 Å². The van der Waals surface area contributed by atoms with Crippen LogP contribution < -0.4 is 15.1 Å². The molecule has 3 aromatic rings. The third kappa shape index (κ3) is 4.41. The number of anilines is 2. The quantitative estimate of drug-likeness (QED) is 0.596. The fourth-order valence-corrected chi connectivity index (χ4v) is 4.31. The highest BCUT2D eigenvalue weighted by molar-refractivity contribution is 5.90. The number of carbonyl (C=O) groups excluding carboxylic acids is 2. The minimum absolute atomic E-state index is 0.104. The van der Waals surface area contributed by atoms with Crippen molar-refractivity contribution in [3.63, 3.8) is 0 Å². The molecule has 2 fully saturated rings. The third-order valence-electron chi connectivity index (χ3n) is 6.03. The van der Waals surface area contributed by atoms with Crippen LogP contribution in [0.2, 0.25) is 0 Å². The van der Waals surface area contributed by atoms with Gasteiger partial charge in [-0.1, -0.05) is 0 Å². The van der Waals surface area contributed by atoms with E-state index in [1.165, 1.54) is 17.9 Å². The molecule has 0 unspecified atom stereocenters. The van der Waals surface area contributed by atoms with Gasteiger partial charge in [-0.25, -0.2) is 9.18 Å². The zero-order valence-electron chi connectivity index (χ0n) is 18.6. The molecule has 0 spiro atoms. The molecule has 5 rings (SSSR count). The first-order chi connectivity index (χ1) is 16.5. The van der Waals surface area contributed by atoms with E-state index in [4.69, 9.17) is 4.74 Å². The zero-order valence-corrected chi connectivity index (χ0v) is 18.6. The van der Waals surface area contributed by atoms with Crippen LogP contribution in [0.3, 0.4) is 0 Å². The van der Waals surface area contributed by atoms with Crippen LogP contribution in [0.15, 0.2) is 49.2 Å². The first kappa shape index (κ1) is 21.8. The number of rotatable bonds is 6. The van der Waals surface area contributed by atoms with Crippen molar-refractivity contribution in [3.8, 4) is 11.3 Å². The van der Waals surface area contributed by atoms with Crippen molar-refractivity contribution in [2.45, 2.75) is 25.5 Å². The molecule has 4 heterocycles. The third-order valence-corrected chi connectivity index (χ3v) is 6.03. The number of halogens is 1. The maximum atomic E-state index is 15.1. The number of ether oxygens (including phenoxy) is 1. The molecule has 2 saturated heterocycles. The number of hydrogen-bond donors (Lipinski definition) is 1. The Bertz CT molecular complexity index is 1200. The standard InChI is InChI=1S/C23H24FN7O3/c1-15(32)27-10-19-14-30(23(33)34-19)17-2-3-22(20(24)8-17)29-7-4-18(13-29)31-12-16(9-28-31)21-11-25-5-6-26-21/h2-3,5-6,8-9,11-12,18-19H,4,7,10,13-14H2,1H3,(H,27,32)/t18-,19-/m0/s1. The Morgan fingerprint density at radius 2 is 2.15 bits per heavy atom. The average Bonchev–Trinajstić information content (AvgIpc) is 3.58. The summed E-state index contributed by atoms with van der Waals surface area (Å²) in [7, 11) is 0. The minimum Gasteiger partial charge on any atom is -0.442 e. The van der Waals surface area contributed by atoms with Gasteiger partial charge in [-0.05, 0) is 24.6 Å². The number of benzene rings is 1. The number of carbonyl (C=O) groups is 2. The first-order valence-corrected chi connectivity index (χ1v) is 11.1. The van der Waals surface area contributed by atoms with Crippen molar-refractivity contribution in [2.75, 3.05) is 36.0 Å². The van der Waals surface area contributed by atoms with Crippen molar-refractivity contribution in [1.29, 1.82) is 0 Å². The summed E-state index contributed by atoms with van der Waals surface area (Å²) in [5.41, 5.74) is 2.55. The summed E-state index contributed by atoms with van der Waals surface area (Å²) in [6, 6.07) is 4.86. The van der Waals surface area contributed by atoms with Crippen molar-refractivity contribution >= 4 is 23.4 Å². The number of hydrogen-bond acceptors (Lipinski definition) is 7. The molecule has 176 valence electrons. The maximum Gasteiger partial charge on any atom is 0.414 e. The van der Waals surface area contributed by atoms with E-state index >= 15 is 4.39 Å². The number of nitrogens with one attached hydrogen (secondary N) is 1. The molecule has 0 bridgehead atoms. The number of amides is 2. The summed E-state index contributed by atoms with van der Waals surface area (Å²) < 4.78 is 22.2.